The zero-order valence-corrected chi connectivity index (χ0v) is 61.0. The van der Waals surface area contributed by atoms with Crippen LogP contribution in [0.4, 0.5) is 0 Å². The Kier molecular flexibility index (Phi) is 34.1. The molecular weight excluding hydrogens is 1180 g/mol. The molecule has 0 saturated carbocycles. The number of thioether (sulfide) groups is 1. The second kappa shape index (κ2) is 37.8. The lowest BCUT2D eigenvalue weighted by atomic mass is 9.84. The lowest BCUT2D eigenvalue weighted by Crippen LogP contribution is -2.62. The fraction of sp³-hybridized carbons (Fsp3) is 0.838. The highest BCUT2D eigenvalue weighted by Gasteiger charge is 2.46. The van der Waals surface area contributed by atoms with E-state index in [1.165, 1.54) is 90.6 Å². The second-order valence-electron chi connectivity index (χ2n) is 28.8. The highest BCUT2D eigenvalue weighted by molar-refractivity contribution is 7.99. The summed E-state index contributed by atoms with van der Waals surface area (Å²) in [5.74, 6) is -10.9. The van der Waals surface area contributed by atoms with E-state index in [-0.39, 0.29) is 74.4 Å². The summed E-state index contributed by atoms with van der Waals surface area (Å²) in [5.41, 5.74) is 0. The SMILES string of the molecule is CC[C@H]1CC(=O)[C@@H]([C@H](O)[C@H](C)CCN2CCOCC2)N(C)C(=O)[C@@H](C(C)C)N(C)C(=O)[C@@H](CC(C)C)N(C)C(=O)[C@@H](CC(C)C)N(C)C(=O)[C@H](C)NC(=O)[C@@H](C)CC(=O)[C@@H](CC(C)C)N(C)C(=O)[C@@H](C(C)C)CC(=O)[C@H](CC(C)C)N(C)C(=O)[C@@H](SC)N(C)C1=O. The van der Waals surface area contributed by atoms with Crippen LogP contribution in [0.5, 0.6) is 0 Å². The summed E-state index contributed by atoms with van der Waals surface area (Å²) in [4.78, 5) is 175. The minimum atomic E-state index is -1.51. The van der Waals surface area contributed by atoms with Gasteiger partial charge in [0.1, 0.15) is 30.2 Å². The van der Waals surface area contributed by atoms with Crippen LogP contribution in [0, 0.1) is 59.2 Å². The van der Waals surface area contributed by atoms with Gasteiger partial charge in [0, 0.05) is 99.4 Å². The Morgan fingerprint density at radius 2 is 0.923 bits per heavy atom. The molecule has 8 amide bonds. The van der Waals surface area contributed by atoms with Crippen LogP contribution >= 0.6 is 11.8 Å². The molecule has 522 valence electrons. The molecule has 2 rings (SSSR count). The van der Waals surface area contributed by atoms with Crippen molar-refractivity contribution in [3.8, 4) is 0 Å². The molecule has 2 aliphatic heterocycles. The summed E-state index contributed by atoms with van der Waals surface area (Å²) < 4.78 is 5.56. The number of likely N-dealkylation sites (N-methyl/N-ethyl adjacent to an activating group) is 7. The van der Waals surface area contributed by atoms with Gasteiger partial charge in [0.25, 0.3) is 5.91 Å². The first-order valence-corrected chi connectivity index (χ1v) is 34.7. The van der Waals surface area contributed by atoms with Gasteiger partial charge in [0.05, 0.1) is 31.4 Å². The van der Waals surface area contributed by atoms with Crippen molar-refractivity contribution < 1.29 is 62.6 Å². The molecule has 2 fully saturated rings. The molecule has 0 aliphatic carbocycles. The van der Waals surface area contributed by atoms with Gasteiger partial charge < -0.3 is 49.5 Å². The fourth-order valence-corrected chi connectivity index (χ4v) is 13.5. The summed E-state index contributed by atoms with van der Waals surface area (Å²) >= 11 is 1.08. The number of morpholine rings is 1. The standard InChI is InChI=1S/C68H121N9O13S/c1-25-48-37-56(80)58(59(81)45(14)26-27-77-28-30-90-31-29-77)75(22)66(88)57(44(12)13)74(21)65(87)53(35-42(8)9)73(20)64(86)52(34-41(6)7)72(19)61(83)47(16)69-60(82)46(15)36-54(78)50(32-39(2)3)70(17)63(85)49(43(10)11)38-55(79)51(33-40(4)5)71(18)67(89)68(91-24)76(23)62(48)84/h39-53,57-59,68,81H,25-38H2,1-24H3,(H,69,82)/t45-,46+,47+,48+,49-,50-,51+,52-,53-,57-,58+,59-,68-/m1/s1. The lowest BCUT2D eigenvalue weighted by Gasteiger charge is -2.42. The van der Waals surface area contributed by atoms with Gasteiger partial charge in [-0.3, -0.25) is 57.6 Å². The van der Waals surface area contributed by atoms with Crippen LogP contribution in [0.3, 0.4) is 0 Å². The molecule has 2 heterocycles. The Morgan fingerprint density at radius 1 is 0.495 bits per heavy atom. The van der Waals surface area contributed by atoms with Crippen LogP contribution in [0.15, 0.2) is 0 Å². The predicted octanol–water partition coefficient (Wildman–Crippen LogP) is 5.99. The number of hydrogen-bond donors (Lipinski definition) is 2. The number of ketones is 3. The molecule has 0 aromatic heterocycles. The number of aliphatic hydroxyl groups excluding tert-OH is 1. The van der Waals surface area contributed by atoms with Crippen molar-refractivity contribution in [3.63, 3.8) is 0 Å². The van der Waals surface area contributed by atoms with Crippen molar-refractivity contribution in [2.24, 2.45) is 59.2 Å². The average molecular weight is 1300 g/mol. The van der Waals surface area contributed by atoms with Gasteiger partial charge >= 0.3 is 0 Å². The minimum absolute atomic E-state index is 0.0721. The van der Waals surface area contributed by atoms with E-state index in [4.69, 9.17) is 4.74 Å². The zero-order valence-electron chi connectivity index (χ0n) is 60.2. The Morgan fingerprint density at radius 3 is 1.37 bits per heavy atom. The summed E-state index contributed by atoms with van der Waals surface area (Å²) in [6, 6.07) is -8.18. The maximum atomic E-state index is 15.4. The summed E-state index contributed by atoms with van der Waals surface area (Å²) in [7, 11) is 10.4. The number of rotatable bonds is 17. The average Bonchev–Trinajstić information content (AvgIpc) is 1.93. The third kappa shape index (κ3) is 22.9. The maximum Gasteiger partial charge on any atom is 0.256 e. The molecule has 13 atom stereocenters. The van der Waals surface area contributed by atoms with Crippen LogP contribution in [0.1, 0.15) is 169 Å². The Bertz CT molecular complexity index is 2450. The first-order chi connectivity index (χ1) is 42.2. The molecular formula is C68H121N9O13S. The first-order valence-electron chi connectivity index (χ1n) is 33.5. The first kappa shape index (κ1) is 82.1. The molecule has 2 aliphatic rings. The van der Waals surface area contributed by atoms with Crippen LogP contribution in [-0.4, -0.2) is 251 Å². The number of hydrogen-bond acceptors (Lipinski definition) is 15. The van der Waals surface area contributed by atoms with Crippen LogP contribution in [0.25, 0.3) is 0 Å². The summed E-state index contributed by atoms with van der Waals surface area (Å²) in [6.07, 6.45) is 0.626. The van der Waals surface area contributed by atoms with E-state index in [9.17, 15) is 38.7 Å². The van der Waals surface area contributed by atoms with Gasteiger partial charge in [-0.25, -0.2) is 0 Å². The van der Waals surface area contributed by atoms with Gasteiger partial charge in [-0.2, -0.15) is 0 Å². The Balaban J connectivity index is 3.03. The number of carbonyl (C=O) groups excluding carboxylic acids is 11. The topological polar surface area (TPSA) is 255 Å². The molecule has 0 bridgehead atoms. The summed E-state index contributed by atoms with van der Waals surface area (Å²) in [6.45, 7) is 32.0. The van der Waals surface area contributed by atoms with Crippen LogP contribution < -0.4 is 5.32 Å². The second-order valence-corrected chi connectivity index (χ2v) is 29.7. The number of aliphatic hydroxyl groups is 1. The normalized spacial score (nSPS) is 28.1. The monoisotopic (exact) mass is 1300 g/mol. The molecule has 0 spiro atoms. The molecule has 23 heteroatoms. The molecule has 0 unspecified atom stereocenters. The van der Waals surface area contributed by atoms with Gasteiger partial charge in [0.15, 0.2) is 22.7 Å². The van der Waals surface area contributed by atoms with E-state index in [2.05, 4.69) is 10.2 Å². The van der Waals surface area contributed by atoms with Gasteiger partial charge in [-0.15, -0.1) is 11.8 Å². The lowest BCUT2D eigenvalue weighted by molar-refractivity contribution is -0.157. The van der Waals surface area contributed by atoms with E-state index in [0.29, 0.717) is 39.3 Å². The number of ether oxygens (including phenoxy) is 1. The number of amides is 8. The zero-order chi connectivity index (χ0) is 70.0. The van der Waals surface area contributed by atoms with Crippen molar-refractivity contribution in [2.75, 3.05) is 88.4 Å². The molecule has 2 N–H and O–H groups in total. The van der Waals surface area contributed by atoms with Gasteiger partial charge in [-0.1, -0.05) is 104 Å². The van der Waals surface area contributed by atoms with Crippen molar-refractivity contribution >= 4 is 76.4 Å². The number of carbonyl (C=O) groups is 11. The van der Waals surface area contributed by atoms with Crippen molar-refractivity contribution in [1.82, 2.24) is 44.5 Å². The molecule has 91 heavy (non-hydrogen) atoms. The highest BCUT2D eigenvalue weighted by atomic mass is 32.2. The van der Waals surface area contributed by atoms with Gasteiger partial charge in [0.2, 0.25) is 41.4 Å². The van der Waals surface area contributed by atoms with E-state index in [0.717, 1.165) is 11.8 Å². The highest BCUT2D eigenvalue weighted by Crippen LogP contribution is 2.31. The van der Waals surface area contributed by atoms with Crippen molar-refractivity contribution in [3.05, 3.63) is 0 Å². The Hall–Kier alpha value is -5.00. The molecule has 0 radical (unpaired) electrons. The van der Waals surface area contributed by atoms with Crippen molar-refractivity contribution in [2.45, 2.75) is 222 Å². The van der Waals surface area contributed by atoms with E-state index >= 15 is 19.2 Å². The van der Waals surface area contributed by atoms with E-state index in [1.54, 1.807) is 40.9 Å². The van der Waals surface area contributed by atoms with E-state index < -0.39 is 155 Å². The van der Waals surface area contributed by atoms with E-state index in [1.807, 2.05) is 69.2 Å². The Labute approximate surface area is 551 Å². The van der Waals surface area contributed by atoms with Crippen LogP contribution in [-0.2, 0) is 57.5 Å². The number of Topliss-reactive ketones (excluding diaryl/α,β-unsaturated/α-hetero) is 3. The molecule has 22 nitrogen and oxygen atoms in total. The molecule has 0 aromatic carbocycles. The molecule has 0 aromatic rings. The third-order valence-corrected chi connectivity index (χ3v) is 19.6. The quantitative estimate of drug-likeness (QED) is 0.170. The van der Waals surface area contributed by atoms with Gasteiger partial charge in [-0.05, 0) is 99.7 Å². The smallest absolute Gasteiger partial charge is 0.256 e. The fourth-order valence-electron chi connectivity index (χ4n) is 12.7. The maximum absolute atomic E-state index is 15.4. The molecule has 2 saturated heterocycles. The van der Waals surface area contributed by atoms with Crippen LogP contribution in [0.2, 0.25) is 0 Å². The largest absolute Gasteiger partial charge is 0.390 e. The number of nitrogens with one attached hydrogen (secondary N) is 1. The summed E-state index contributed by atoms with van der Waals surface area (Å²) in [5, 5.41) is 14.1. The predicted molar refractivity (Wildman–Crippen MR) is 357 cm³/mol. The number of nitrogens with zero attached hydrogens (tertiary/aromatic N) is 8. The third-order valence-electron chi connectivity index (χ3n) is 18.7. The van der Waals surface area contributed by atoms with Crippen molar-refractivity contribution in [1.29, 1.82) is 0 Å². The minimum Gasteiger partial charge on any atom is -0.390 e.